The highest BCUT2D eigenvalue weighted by molar-refractivity contribution is 6.15. The number of benzene rings is 7. The van der Waals surface area contributed by atoms with Crippen molar-refractivity contribution in [1.29, 1.82) is 0 Å². The molecule has 49 heavy (non-hydrogen) atoms. The van der Waals surface area contributed by atoms with Crippen LogP contribution in [0.5, 0.6) is 0 Å². The lowest BCUT2D eigenvalue weighted by Gasteiger charge is -2.12. The average molecular weight is 625 g/mol. The Labute approximate surface area is 282 Å². The van der Waals surface area contributed by atoms with Crippen molar-refractivity contribution in [3.05, 3.63) is 169 Å². The molecular formula is C46H28N2O. The number of aromatic nitrogens is 2. The number of rotatable bonds is 3. The van der Waals surface area contributed by atoms with Gasteiger partial charge in [0.2, 0.25) is 0 Å². The highest BCUT2D eigenvalue weighted by Gasteiger charge is 2.25. The first-order chi connectivity index (χ1) is 24.3. The summed E-state index contributed by atoms with van der Waals surface area (Å²) in [6, 6.07) is 56.5. The fraction of sp³-hybridized carbons (Fsp3) is 0.0217. The summed E-state index contributed by atoms with van der Waals surface area (Å²) in [4.78, 5) is 5.20. The molecule has 0 N–H and O–H groups in total. The van der Waals surface area contributed by atoms with Gasteiger partial charge in [-0.1, -0.05) is 115 Å². The Kier molecular flexibility index (Phi) is 5.44. The minimum Gasteiger partial charge on any atom is -0.456 e. The lowest BCUT2D eigenvalue weighted by Crippen LogP contribution is -1.96. The minimum atomic E-state index is 0.861. The maximum Gasteiger partial charge on any atom is 0.137 e. The van der Waals surface area contributed by atoms with Gasteiger partial charge in [0, 0.05) is 50.7 Å². The van der Waals surface area contributed by atoms with Gasteiger partial charge in [0.1, 0.15) is 11.2 Å². The van der Waals surface area contributed by atoms with Gasteiger partial charge in [0.15, 0.2) is 0 Å². The largest absolute Gasteiger partial charge is 0.456 e. The Bertz CT molecular complexity index is 2960. The summed E-state index contributed by atoms with van der Waals surface area (Å²) in [6.45, 7) is 0. The zero-order chi connectivity index (χ0) is 32.1. The molecule has 3 aromatic heterocycles. The molecule has 0 saturated carbocycles. The molecule has 0 spiro atoms. The van der Waals surface area contributed by atoms with E-state index in [1.54, 1.807) is 0 Å². The number of para-hydroxylation sites is 2. The van der Waals surface area contributed by atoms with E-state index in [4.69, 9.17) is 9.40 Å². The molecule has 7 aromatic carbocycles. The molecule has 0 saturated heterocycles. The Morgan fingerprint density at radius 1 is 0.510 bits per heavy atom. The molecule has 3 nitrogen and oxygen atoms in total. The normalized spacial score (nSPS) is 12.4. The Balaban J connectivity index is 1.14. The first-order valence-electron chi connectivity index (χ1n) is 16.8. The van der Waals surface area contributed by atoms with Crippen LogP contribution in [-0.4, -0.2) is 9.55 Å². The van der Waals surface area contributed by atoms with Crippen LogP contribution in [0.3, 0.4) is 0 Å². The smallest absolute Gasteiger partial charge is 0.137 e. The zero-order valence-electron chi connectivity index (χ0n) is 26.5. The molecule has 0 amide bonds. The van der Waals surface area contributed by atoms with Gasteiger partial charge in [-0.2, -0.15) is 0 Å². The van der Waals surface area contributed by atoms with Crippen LogP contribution in [0.25, 0.3) is 93.8 Å². The van der Waals surface area contributed by atoms with Crippen LogP contribution in [0.1, 0.15) is 11.1 Å². The van der Waals surface area contributed by atoms with Gasteiger partial charge in [-0.05, 0) is 69.8 Å². The van der Waals surface area contributed by atoms with Crippen molar-refractivity contribution in [3.63, 3.8) is 0 Å². The third-order valence-corrected chi connectivity index (χ3v) is 10.4. The van der Waals surface area contributed by atoms with Gasteiger partial charge in [0.05, 0.1) is 22.2 Å². The predicted molar refractivity (Wildman–Crippen MR) is 202 cm³/mol. The topological polar surface area (TPSA) is 31.0 Å². The molecule has 0 fully saturated rings. The molecule has 0 bridgehead atoms. The molecule has 3 heterocycles. The van der Waals surface area contributed by atoms with Crippen LogP contribution in [-0.2, 0) is 6.42 Å². The van der Waals surface area contributed by atoms with Crippen LogP contribution in [0.4, 0.5) is 0 Å². The summed E-state index contributed by atoms with van der Waals surface area (Å²) in [5.41, 5.74) is 16.1. The van der Waals surface area contributed by atoms with Crippen molar-refractivity contribution in [2.45, 2.75) is 6.42 Å². The number of fused-ring (bicyclic) bond motifs is 11. The molecule has 1 aliphatic carbocycles. The summed E-state index contributed by atoms with van der Waals surface area (Å²) in [6.07, 6.45) is 0.930. The quantitative estimate of drug-likeness (QED) is 0.196. The second-order valence-corrected chi connectivity index (χ2v) is 13.1. The maximum atomic E-state index is 6.68. The number of hydrogen-bond donors (Lipinski definition) is 0. The molecular weight excluding hydrogens is 597 g/mol. The first kappa shape index (κ1) is 26.6. The SMILES string of the molecule is c1ccc(-c2cc(-c3cccc4oc5cc(-n6c7ccccc7c7ccc8c(c76)Cc6ccccc6-8)ccc5c34)nc3ccccc23)cc1. The number of hydrogen-bond acceptors (Lipinski definition) is 2. The van der Waals surface area contributed by atoms with Crippen molar-refractivity contribution >= 4 is 54.6 Å². The molecule has 228 valence electrons. The summed E-state index contributed by atoms with van der Waals surface area (Å²) in [5, 5.41) is 5.87. The molecule has 0 aliphatic heterocycles. The van der Waals surface area contributed by atoms with Crippen LogP contribution >= 0.6 is 0 Å². The highest BCUT2D eigenvalue weighted by Crippen LogP contribution is 2.45. The zero-order valence-corrected chi connectivity index (χ0v) is 26.5. The van der Waals surface area contributed by atoms with E-state index in [-0.39, 0.29) is 0 Å². The highest BCUT2D eigenvalue weighted by atomic mass is 16.3. The first-order valence-corrected chi connectivity index (χ1v) is 16.8. The Morgan fingerprint density at radius 2 is 1.29 bits per heavy atom. The summed E-state index contributed by atoms with van der Waals surface area (Å²) in [7, 11) is 0. The number of pyridine rings is 1. The molecule has 0 radical (unpaired) electrons. The van der Waals surface area contributed by atoms with E-state index in [0.29, 0.717) is 0 Å². The van der Waals surface area contributed by atoms with Gasteiger partial charge in [-0.25, -0.2) is 4.98 Å². The molecule has 3 heteroatoms. The van der Waals surface area contributed by atoms with Crippen LogP contribution in [0, 0.1) is 0 Å². The molecule has 10 aromatic rings. The summed E-state index contributed by atoms with van der Waals surface area (Å²) >= 11 is 0. The standard InChI is InChI=1S/C46H28N2O/c1-2-11-28(12-3-1)38-27-41(47-40-18-8-6-15-33(38)40)36-17-10-20-43-45(36)37-22-21-30(26-44(37)49-43)48-42-19-9-7-16-34(42)35-24-23-32-31-14-5-4-13-29(31)25-39(32)46(35)48/h1-24,26-27H,25H2. The fourth-order valence-electron chi connectivity index (χ4n) is 8.29. The lowest BCUT2D eigenvalue weighted by molar-refractivity contribution is 0.668. The van der Waals surface area contributed by atoms with Crippen molar-refractivity contribution in [2.75, 3.05) is 0 Å². The monoisotopic (exact) mass is 624 g/mol. The van der Waals surface area contributed by atoms with Crippen molar-refractivity contribution in [2.24, 2.45) is 0 Å². The molecule has 1 aliphatic rings. The fourth-order valence-corrected chi connectivity index (χ4v) is 8.29. The second-order valence-electron chi connectivity index (χ2n) is 13.1. The van der Waals surface area contributed by atoms with Gasteiger partial charge in [-0.15, -0.1) is 0 Å². The van der Waals surface area contributed by atoms with Crippen molar-refractivity contribution in [1.82, 2.24) is 9.55 Å². The van der Waals surface area contributed by atoms with Crippen LogP contribution < -0.4 is 0 Å². The second kappa shape index (κ2) is 10.0. The lowest BCUT2D eigenvalue weighted by atomic mass is 9.96. The van der Waals surface area contributed by atoms with Gasteiger partial charge in [-0.3, -0.25) is 0 Å². The van der Waals surface area contributed by atoms with E-state index in [1.807, 2.05) is 0 Å². The number of nitrogens with zero attached hydrogens (tertiary/aromatic N) is 2. The van der Waals surface area contributed by atoms with E-state index >= 15 is 0 Å². The van der Waals surface area contributed by atoms with E-state index in [1.165, 1.54) is 55.2 Å². The van der Waals surface area contributed by atoms with Gasteiger partial charge >= 0.3 is 0 Å². The van der Waals surface area contributed by atoms with E-state index < -0.39 is 0 Å². The summed E-state index contributed by atoms with van der Waals surface area (Å²) < 4.78 is 9.13. The van der Waals surface area contributed by atoms with E-state index in [0.717, 1.165) is 56.2 Å². The third kappa shape index (κ3) is 3.81. The van der Waals surface area contributed by atoms with E-state index in [9.17, 15) is 0 Å². The predicted octanol–water partition coefficient (Wildman–Crippen LogP) is 12.1. The van der Waals surface area contributed by atoms with Crippen molar-refractivity contribution < 1.29 is 4.42 Å². The molecule has 0 unspecified atom stereocenters. The Hall–Kier alpha value is -6.45. The molecule has 11 rings (SSSR count). The maximum absolute atomic E-state index is 6.68. The summed E-state index contributed by atoms with van der Waals surface area (Å²) in [5.74, 6) is 0. The minimum absolute atomic E-state index is 0.861. The Morgan fingerprint density at radius 3 is 2.22 bits per heavy atom. The third-order valence-electron chi connectivity index (χ3n) is 10.4. The average Bonchev–Trinajstić information content (AvgIpc) is 3.84. The molecule has 0 atom stereocenters. The van der Waals surface area contributed by atoms with Gasteiger partial charge < -0.3 is 8.98 Å². The van der Waals surface area contributed by atoms with E-state index in [2.05, 4.69) is 162 Å². The van der Waals surface area contributed by atoms with Crippen molar-refractivity contribution in [3.8, 4) is 39.2 Å². The van der Waals surface area contributed by atoms with Crippen LogP contribution in [0.15, 0.2) is 162 Å². The van der Waals surface area contributed by atoms with Crippen LogP contribution in [0.2, 0.25) is 0 Å². The number of furan rings is 1. The van der Waals surface area contributed by atoms with Gasteiger partial charge in [0.25, 0.3) is 0 Å².